The molecule has 0 N–H and O–H groups in total. The minimum absolute atomic E-state index is 0.0471. The summed E-state index contributed by atoms with van der Waals surface area (Å²) < 4.78 is 34.9. The number of carbonyl (C=O) groups excluding carboxylic acids is 1. The minimum atomic E-state index is -1.04. The Labute approximate surface area is 273 Å². The molecule has 2 aromatic carbocycles. The average Bonchev–Trinajstić information content (AvgIpc) is 3.05. The van der Waals surface area contributed by atoms with Gasteiger partial charge in [-0.05, 0) is 57.2 Å². The number of nitrogens with zero attached hydrogens (tertiary/aromatic N) is 7. The number of fused-ring (bicyclic) bond motifs is 2. The van der Waals surface area contributed by atoms with Crippen molar-refractivity contribution in [2.45, 2.75) is 64.3 Å². The second-order valence-electron chi connectivity index (χ2n) is 12.5. The molecule has 9 nitrogen and oxygen atoms in total. The van der Waals surface area contributed by atoms with E-state index in [0.717, 1.165) is 48.3 Å². The van der Waals surface area contributed by atoms with Crippen molar-refractivity contribution in [3.63, 3.8) is 0 Å². The number of carbonyl (C=O) groups is 1. The van der Waals surface area contributed by atoms with Crippen LogP contribution in [0.3, 0.4) is 0 Å². The standard InChI is InChI=1S/C34H38ClF2N7O2/c1-21(2)41-14-5-7-25(19-41)46-34-39-28-20-42(29-8-4-6-23-9-10-27(37)31(35)30(23)29)15-12-26(28)32(40-34)43-16-17-44(33(45)22(3)36)24(18-43)11-13-38/h4,6,8-10,21,24-25H,3,5,7,11-12,14-20H2,1-2H3/t24-,25?/m0/s1. The molecule has 12 heteroatoms. The zero-order valence-corrected chi connectivity index (χ0v) is 26.9. The van der Waals surface area contributed by atoms with Crippen LogP contribution >= 0.6 is 11.6 Å². The fourth-order valence-electron chi connectivity index (χ4n) is 6.89. The molecule has 4 heterocycles. The van der Waals surface area contributed by atoms with E-state index in [1.165, 1.54) is 11.0 Å². The van der Waals surface area contributed by atoms with Crippen molar-refractivity contribution < 1.29 is 18.3 Å². The Kier molecular flexibility index (Phi) is 9.29. The van der Waals surface area contributed by atoms with Gasteiger partial charge < -0.3 is 19.4 Å². The van der Waals surface area contributed by atoms with Gasteiger partial charge >= 0.3 is 6.01 Å². The number of rotatable bonds is 7. The number of piperazine rings is 1. The highest BCUT2D eigenvalue weighted by molar-refractivity contribution is 6.36. The second kappa shape index (κ2) is 13.4. The van der Waals surface area contributed by atoms with E-state index < -0.39 is 23.6 Å². The Hall–Kier alpha value is -4.01. The molecule has 0 saturated carbocycles. The van der Waals surface area contributed by atoms with E-state index in [2.05, 4.69) is 41.2 Å². The number of ether oxygens (including phenoxy) is 1. The lowest BCUT2D eigenvalue weighted by molar-refractivity contribution is -0.131. The molecule has 2 saturated heterocycles. The molecule has 242 valence electrons. The maximum atomic E-state index is 14.6. The lowest BCUT2D eigenvalue weighted by atomic mass is 10.0. The number of hydrogen-bond acceptors (Lipinski definition) is 8. The van der Waals surface area contributed by atoms with Gasteiger partial charge in [0.05, 0.1) is 35.8 Å². The van der Waals surface area contributed by atoms with Crippen molar-refractivity contribution in [2.75, 3.05) is 49.1 Å². The van der Waals surface area contributed by atoms with E-state index in [9.17, 15) is 18.8 Å². The van der Waals surface area contributed by atoms with Gasteiger partial charge in [0.1, 0.15) is 17.7 Å². The van der Waals surface area contributed by atoms with Gasteiger partial charge in [0, 0.05) is 55.4 Å². The van der Waals surface area contributed by atoms with Gasteiger partial charge in [-0.3, -0.25) is 9.69 Å². The van der Waals surface area contributed by atoms with Gasteiger partial charge in [-0.25, -0.2) is 8.78 Å². The summed E-state index contributed by atoms with van der Waals surface area (Å²) in [5.41, 5.74) is 2.57. The summed E-state index contributed by atoms with van der Waals surface area (Å²) in [4.78, 5) is 30.4. The SMILES string of the molecule is C=C(F)C(=O)N1CCN(c2nc(OC3CCCN(C(C)C)C3)nc3c2CCN(c2cccc4ccc(F)c(Cl)c24)C3)C[C@@H]1CC#N. The fourth-order valence-corrected chi connectivity index (χ4v) is 7.16. The number of amides is 1. The first-order valence-electron chi connectivity index (χ1n) is 15.8. The van der Waals surface area contributed by atoms with Gasteiger partial charge in [0.25, 0.3) is 5.91 Å². The lowest BCUT2D eigenvalue weighted by Gasteiger charge is -2.42. The normalized spacial score (nSPS) is 20.5. The van der Waals surface area contributed by atoms with E-state index in [4.69, 9.17) is 26.3 Å². The molecule has 3 aliphatic heterocycles. The van der Waals surface area contributed by atoms with Crippen LogP contribution in [0.25, 0.3) is 10.8 Å². The number of likely N-dealkylation sites (tertiary alicyclic amines) is 1. The van der Waals surface area contributed by atoms with Crippen molar-refractivity contribution in [1.29, 1.82) is 5.26 Å². The number of hydrogen-bond donors (Lipinski definition) is 0. The highest BCUT2D eigenvalue weighted by atomic mass is 35.5. The van der Waals surface area contributed by atoms with Crippen LogP contribution in [0.5, 0.6) is 6.01 Å². The lowest BCUT2D eigenvalue weighted by Crippen LogP contribution is -2.55. The van der Waals surface area contributed by atoms with Crippen molar-refractivity contribution in [2.24, 2.45) is 0 Å². The quantitative estimate of drug-likeness (QED) is 0.304. The topological polar surface area (TPSA) is 88.8 Å². The van der Waals surface area contributed by atoms with Crippen LogP contribution in [0.2, 0.25) is 5.02 Å². The van der Waals surface area contributed by atoms with Gasteiger partial charge in [0.15, 0.2) is 5.83 Å². The molecule has 1 aromatic heterocycles. The molecule has 3 aromatic rings. The summed E-state index contributed by atoms with van der Waals surface area (Å²) in [6.07, 6.45) is 2.48. The van der Waals surface area contributed by atoms with Crippen LogP contribution in [0.1, 0.15) is 44.4 Å². The Morgan fingerprint density at radius 3 is 2.74 bits per heavy atom. The average molecular weight is 650 g/mol. The van der Waals surface area contributed by atoms with Crippen molar-refractivity contribution in [1.82, 2.24) is 19.8 Å². The first-order valence-corrected chi connectivity index (χ1v) is 16.2. The predicted octanol–water partition coefficient (Wildman–Crippen LogP) is 5.65. The number of anilines is 2. The minimum Gasteiger partial charge on any atom is -0.459 e. The van der Waals surface area contributed by atoms with Crippen LogP contribution in [0.15, 0.2) is 42.7 Å². The van der Waals surface area contributed by atoms with Gasteiger partial charge in [-0.1, -0.05) is 36.4 Å². The smallest absolute Gasteiger partial charge is 0.318 e. The summed E-state index contributed by atoms with van der Waals surface area (Å²) in [6.45, 7) is 11.3. The third-order valence-electron chi connectivity index (χ3n) is 9.29. The van der Waals surface area contributed by atoms with E-state index >= 15 is 0 Å². The van der Waals surface area contributed by atoms with Crippen LogP contribution in [-0.2, 0) is 17.8 Å². The monoisotopic (exact) mass is 649 g/mol. The van der Waals surface area contributed by atoms with Crippen molar-refractivity contribution >= 4 is 39.8 Å². The van der Waals surface area contributed by atoms with Gasteiger partial charge in [0.2, 0.25) is 0 Å². The van der Waals surface area contributed by atoms with Crippen molar-refractivity contribution in [3.8, 4) is 12.1 Å². The van der Waals surface area contributed by atoms with Crippen LogP contribution < -0.4 is 14.5 Å². The predicted molar refractivity (Wildman–Crippen MR) is 174 cm³/mol. The van der Waals surface area contributed by atoms with E-state index in [-0.39, 0.29) is 30.1 Å². The molecule has 0 radical (unpaired) electrons. The van der Waals surface area contributed by atoms with Gasteiger partial charge in [-0.2, -0.15) is 15.2 Å². The van der Waals surface area contributed by atoms with E-state index in [1.807, 2.05) is 18.2 Å². The van der Waals surface area contributed by atoms with E-state index in [0.29, 0.717) is 49.8 Å². The third-order valence-corrected chi connectivity index (χ3v) is 9.66. The number of nitriles is 1. The number of aromatic nitrogens is 2. The highest BCUT2D eigenvalue weighted by Crippen LogP contribution is 2.38. The zero-order valence-electron chi connectivity index (χ0n) is 26.2. The summed E-state index contributed by atoms with van der Waals surface area (Å²) in [6, 6.07) is 11.2. The molecule has 0 aliphatic carbocycles. The second-order valence-corrected chi connectivity index (χ2v) is 12.9. The maximum Gasteiger partial charge on any atom is 0.318 e. The van der Waals surface area contributed by atoms with E-state index in [1.54, 1.807) is 6.07 Å². The largest absolute Gasteiger partial charge is 0.459 e. The molecule has 0 bridgehead atoms. The maximum absolute atomic E-state index is 14.6. The highest BCUT2D eigenvalue weighted by Gasteiger charge is 2.35. The number of piperidine rings is 1. The Morgan fingerprint density at radius 1 is 1.15 bits per heavy atom. The van der Waals surface area contributed by atoms with Crippen LogP contribution in [-0.4, -0.2) is 83.1 Å². The Bertz CT molecular complexity index is 1700. The molecule has 1 amide bonds. The summed E-state index contributed by atoms with van der Waals surface area (Å²) in [5, 5.41) is 11.1. The molecular formula is C34H38ClF2N7O2. The molecule has 0 spiro atoms. The third kappa shape index (κ3) is 6.33. The fraction of sp³-hybridized carbons (Fsp3) is 0.471. The first kappa shape index (κ1) is 32.0. The summed E-state index contributed by atoms with van der Waals surface area (Å²) >= 11 is 6.50. The van der Waals surface area contributed by atoms with Crippen LogP contribution in [0.4, 0.5) is 20.3 Å². The zero-order chi connectivity index (χ0) is 32.5. The molecule has 46 heavy (non-hydrogen) atoms. The molecule has 2 fully saturated rings. The Morgan fingerprint density at radius 2 is 1.98 bits per heavy atom. The Balaban J connectivity index is 1.36. The van der Waals surface area contributed by atoms with Gasteiger partial charge in [-0.15, -0.1) is 0 Å². The molecule has 1 unspecified atom stereocenters. The molecular weight excluding hydrogens is 612 g/mol. The molecule has 3 aliphatic rings. The number of halogens is 3. The summed E-state index contributed by atoms with van der Waals surface area (Å²) in [7, 11) is 0. The molecule has 6 rings (SSSR count). The summed E-state index contributed by atoms with van der Waals surface area (Å²) in [5.74, 6) is -1.60. The first-order chi connectivity index (χ1) is 22.1. The number of benzene rings is 2. The van der Waals surface area contributed by atoms with Crippen LogP contribution in [0, 0.1) is 17.1 Å². The molecule has 2 atom stereocenters. The van der Waals surface area contributed by atoms with Crippen molar-refractivity contribution in [3.05, 3.63) is 64.8 Å².